The van der Waals surface area contributed by atoms with E-state index in [-0.39, 0.29) is 12.1 Å². The Labute approximate surface area is 260 Å². The van der Waals surface area contributed by atoms with Crippen molar-refractivity contribution in [3.05, 3.63) is 45.7 Å². The van der Waals surface area contributed by atoms with Crippen LogP contribution in [0.15, 0.2) is 22.9 Å². The third-order valence-corrected chi connectivity index (χ3v) is 11.1. The first kappa shape index (κ1) is 27.7. The average Bonchev–Trinajstić information content (AvgIpc) is 3.78. The first-order valence-corrected chi connectivity index (χ1v) is 16.5. The van der Waals surface area contributed by atoms with E-state index in [0.29, 0.717) is 52.9 Å². The van der Waals surface area contributed by atoms with Crippen LogP contribution in [0.3, 0.4) is 0 Å². The second-order valence-corrected chi connectivity index (χ2v) is 13.8. The molecule has 4 aromatic heterocycles. The molecule has 228 valence electrons. The monoisotopic (exact) mass is 612 g/mol. The smallest absolute Gasteiger partial charge is 0.217 e. The molecule has 0 bridgehead atoms. The summed E-state index contributed by atoms with van der Waals surface area (Å²) in [5.74, 6) is 1.80. The molecule has 0 saturated carbocycles. The minimum Gasteiger partial charge on any atom is -0.473 e. The maximum atomic E-state index is 10.1. The average molecular weight is 613 g/mol. The summed E-state index contributed by atoms with van der Waals surface area (Å²) < 4.78 is 20.1. The summed E-state index contributed by atoms with van der Waals surface area (Å²) in [6.07, 6.45) is 9.68. The molecule has 4 aliphatic rings. The highest BCUT2D eigenvalue weighted by Gasteiger charge is 2.49. The zero-order valence-corrected chi connectivity index (χ0v) is 25.9. The van der Waals surface area contributed by atoms with Crippen LogP contribution in [0.25, 0.3) is 22.9 Å². The number of hydrogen-bond donors (Lipinski definition) is 1. The maximum Gasteiger partial charge on any atom is 0.217 e. The van der Waals surface area contributed by atoms with Crippen LogP contribution >= 0.6 is 11.3 Å². The first-order valence-electron chi connectivity index (χ1n) is 15.7. The summed E-state index contributed by atoms with van der Waals surface area (Å²) in [5.41, 5.74) is 10.7. The molecule has 11 nitrogen and oxygen atoms in total. The van der Waals surface area contributed by atoms with Gasteiger partial charge in [-0.25, -0.2) is 4.98 Å². The maximum absolute atomic E-state index is 10.1. The van der Waals surface area contributed by atoms with Gasteiger partial charge in [0.2, 0.25) is 5.88 Å². The van der Waals surface area contributed by atoms with Gasteiger partial charge in [-0.15, -0.1) is 11.3 Å². The Bertz CT molecular complexity index is 1760. The summed E-state index contributed by atoms with van der Waals surface area (Å²) in [4.78, 5) is 13.5. The van der Waals surface area contributed by atoms with Crippen LogP contribution < -0.4 is 10.5 Å². The van der Waals surface area contributed by atoms with E-state index in [1.165, 1.54) is 4.88 Å². The summed E-state index contributed by atoms with van der Waals surface area (Å²) >= 11 is 1.55. The number of nitriles is 1. The molecule has 2 aliphatic heterocycles. The van der Waals surface area contributed by atoms with Gasteiger partial charge in [-0.1, -0.05) is 5.16 Å². The van der Waals surface area contributed by atoms with Crippen molar-refractivity contribution >= 4 is 16.3 Å². The molecule has 3 atom stereocenters. The molecule has 6 heterocycles. The molecule has 0 aromatic carbocycles. The lowest BCUT2D eigenvalue weighted by Gasteiger charge is -2.39. The number of thiophene rings is 1. The number of aryl methyl sites for hydroxylation is 1. The SMILES string of the molecule is C[C@H](Oc1cc(-c2ccn(C3COC3)n2)nc(-c2noc3c2CCC[C@@]32CCCc3sc(N)c(C#N)c32)n1)[C@@H]1CCCN1C. The lowest BCUT2D eigenvalue weighted by molar-refractivity contribution is -0.0285. The van der Waals surface area contributed by atoms with Gasteiger partial charge in [0, 0.05) is 28.7 Å². The number of ether oxygens (including phenoxy) is 2. The van der Waals surface area contributed by atoms with Crippen LogP contribution in [0.1, 0.15) is 78.8 Å². The predicted octanol–water partition coefficient (Wildman–Crippen LogP) is 4.90. The summed E-state index contributed by atoms with van der Waals surface area (Å²) in [5, 5.41) is 20.1. The second-order valence-electron chi connectivity index (χ2n) is 12.7. The Balaban J connectivity index is 1.22. The fraction of sp³-hybridized carbons (Fsp3) is 0.531. The highest BCUT2D eigenvalue weighted by Crippen LogP contribution is 2.55. The minimum atomic E-state index is -0.409. The van der Waals surface area contributed by atoms with Gasteiger partial charge in [0.1, 0.15) is 22.9 Å². The number of anilines is 1. The fourth-order valence-corrected chi connectivity index (χ4v) is 8.95. The van der Waals surface area contributed by atoms with Crippen LogP contribution in [0.4, 0.5) is 5.00 Å². The topological polar surface area (TPSA) is 141 Å². The van der Waals surface area contributed by atoms with Crippen molar-refractivity contribution in [2.24, 2.45) is 0 Å². The van der Waals surface area contributed by atoms with Crippen LogP contribution in [0.2, 0.25) is 0 Å². The Hall–Kier alpha value is -3.79. The Morgan fingerprint density at radius 1 is 1.18 bits per heavy atom. The van der Waals surface area contributed by atoms with Crippen molar-refractivity contribution in [2.45, 2.75) is 81.9 Å². The molecule has 0 amide bonds. The van der Waals surface area contributed by atoms with Crippen LogP contribution in [0.5, 0.6) is 5.88 Å². The van der Waals surface area contributed by atoms with E-state index in [0.717, 1.165) is 80.5 Å². The van der Waals surface area contributed by atoms with E-state index < -0.39 is 5.41 Å². The normalized spacial score (nSPS) is 24.1. The summed E-state index contributed by atoms with van der Waals surface area (Å²) in [6.45, 7) is 4.50. The lowest BCUT2D eigenvalue weighted by atomic mass is 9.63. The quantitative estimate of drug-likeness (QED) is 0.320. The molecule has 1 spiro atoms. The number of nitrogens with zero attached hydrogens (tertiary/aromatic N) is 7. The van der Waals surface area contributed by atoms with Crippen LogP contribution in [-0.2, 0) is 23.0 Å². The molecule has 8 rings (SSSR count). The minimum absolute atomic E-state index is 0.0496. The van der Waals surface area contributed by atoms with Crippen LogP contribution in [0, 0.1) is 11.3 Å². The van der Waals surface area contributed by atoms with Crippen molar-refractivity contribution in [3.63, 3.8) is 0 Å². The number of aromatic nitrogens is 5. The number of nitrogen functional groups attached to an aromatic ring is 1. The predicted molar refractivity (Wildman–Crippen MR) is 164 cm³/mol. The van der Waals surface area contributed by atoms with E-state index in [1.807, 2.05) is 23.0 Å². The van der Waals surface area contributed by atoms with E-state index in [2.05, 4.69) is 30.1 Å². The largest absolute Gasteiger partial charge is 0.473 e. The highest BCUT2D eigenvalue weighted by atomic mass is 32.1. The van der Waals surface area contributed by atoms with Crippen molar-refractivity contribution in [2.75, 3.05) is 32.5 Å². The Morgan fingerprint density at radius 2 is 2.02 bits per heavy atom. The Morgan fingerprint density at radius 3 is 2.77 bits per heavy atom. The molecular formula is C32H36N8O3S. The molecule has 2 saturated heterocycles. The second kappa shape index (κ2) is 10.7. The molecule has 12 heteroatoms. The van der Waals surface area contributed by atoms with Gasteiger partial charge in [0.05, 0.1) is 35.9 Å². The molecular weight excluding hydrogens is 576 g/mol. The van der Waals surface area contributed by atoms with Gasteiger partial charge in [0.25, 0.3) is 0 Å². The molecule has 2 aliphatic carbocycles. The molecule has 0 radical (unpaired) electrons. The van der Waals surface area contributed by atoms with Crippen molar-refractivity contribution in [3.8, 4) is 34.9 Å². The summed E-state index contributed by atoms with van der Waals surface area (Å²) in [6, 6.07) is 6.82. The molecule has 2 fully saturated rings. The van der Waals surface area contributed by atoms with E-state index in [1.54, 1.807) is 11.3 Å². The third-order valence-electron chi connectivity index (χ3n) is 10.1. The number of likely N-dealkylation sites (tertiary alicyclic amines) is 1. The number of rotatable bonds is 6. The van der Waals surface area contributed by atoms with Gasteiger partial charge >= 0.3 is 0 Å². The van der Waals surface area contributed by atoms with Gasteiger partial charge in [0.15, 0.2) is 17.3 Å². The lowest BCUT2D eigenvalue weighted by Crippen LogP contribution is -2.38. The first-order chi connectivity index (χ1) is 21.4. The van der Waals surface area contributed by atoms with Crippen molar-refractivity contribution in [1.29, 1.82) is 5.26 Å². The van der Waals surface area contributed by atoms with Gasteiger partial charge < -0.3 is 19.7 Å². The van der Waals surface area contributed by atoms with Gasteiger partial charge in [-0.3, -0.25) is 9.58 Å². The summed E-state index contributed by atoms with van der Waals surface area (Å²) in [7, 11) is 2.15. The fourth-order valence-electron chi connectivity index (χ4n) is 7.79. The van der Waals surface area contributed by atoms with E-state index in [4.69, 9.17) is 34.8 Å². The van der Waals surface area contributed by atoms with Crippen molar-refractivity contribution in [1.82, 2.24) is 29.8 Å². The number of likely N-dealkylation sites (N-methyl/N-ethyl adjacent to an activating group) is 1. The van der Waals surface area contributed by atoms with Crippen LogP contribution in [-0.4, -0.2) is 68.8 Å². The highest BCUT2D eigenvalue weighted by molar-refractivity contribution is 7.16. The molecule has 4 aromatic rings. The number of fused-ring (bicyclic) bond motifs is 4. The van der Waals surface area contributed by atoms with Crippen molar-refractivity contribution < 1.29 is 14.0 Å². The molecule has 0 unspecified atom stereocenters. The van der Waals surface area contributed by atoms with E-state index in [9.17, 15) is 5.26 Å². The Kier molecular flexibility index (Phi) is 6.73. The third kappa shape index (κ3) is 4.36. The number of hydrogen-bond acceptors (Lipinski definition) is 11. The molecule has 44 heavy (non-hydrogen) atoms. The zero-order chi connectivity index (χ0) is 30.0. The molecule has 2 N–H and O–H groups in total. The zero-order valence-electron chi connectivity index (χ0n) is 25.1. The van der Waals surface area contributed by atoms with Gasteiger partial charge in [-0.05, 0) is 83.5 Å². The standard InChI is InChI=1S/C32H36N8O3S/c1-18(24-7-5-12-39(24)2)42-26-14-23(22-9-13-40(37-22)19-16-41-17-19)35-31(36-26)28-20-6-3-10-32(29(20)43-38-28)11-4-8-25-27(32)21(15-33)30(34)44-25/h9,13-14,18-19,24H,3-8,10-12,16-17,34H2,1-2H3/t18-,24-,32-/m0/s1. The number of nitrogens with two attached hydrogens (primary N) is 1. The van der Waals surface area contributed by atoms with E-state index >= 15 is 0 Å². The van der Waals surface area contributed by atoms with Gasteiger partial charge in [-0.2, -0.15) is 15.3 Å².